The number of carbonyl (C=O) groups is 3. The van der Waals surface area contributed by atoms with E-state index in [1.54, 1.807) is 54.8 Å². The Morgan fingerprint density at radius 2 is 1.73 bits per heavy atom. The number of benzene rings is 1. The molecule has 8 heteroatoms. The van der Waals surface area contributed by atoms with Gasteiger partial charge in [0.15, 0.2) is 0 Å². The Hall–Kier alpha value is -2.28. The zero-order valence-electron chi connectivity index (χ0n) is 18.6. The summed E-state index contributed by atoms with van der Waals surface area (Å²) in [6.45, 7) is 12.2. The minimum absolute atomic E-state index is 0.0847. The van der Waals surface area contributed by atoms with Gasteiger partial charge >= 0.3 is 6.09 Å². The molecule has 3 amide bonds. The lowest BCUT2D eigenvalue weighted by Crippen LogP contribution is -2.60. The molecule has 1 aromatic carbocycles. The van der Waals surface area contributed by atoms with E-state index in [4.69, 9.17) is 16.3 Å². The van der Waals surface area contributed by atoms with Gasteiger partial charge in [-0.3, -0.25) is 9.59 Å². The molecule has 166 valence electrons. The molecule has 0 bridgehead atoms. The molecule has 1 saturated heterocycles. The van der Waals surface area contributed by atoms with E-state index in [9.17, 15) is 14.4 Å². The fourth-order valence-corrected chi connectivity index (χ4v) is 3.49. The maximum atomic E-state index is 13.1. The smallest absolute Gasteiger partial charge is 0.408 e. The van der Waals surface area contributed by atoms with Crippen LogP contribution >= 0.6 is 11.6 Å². The Labute approximate surface area is 183 Å². The second kappa shape index (κ2) is 9.69. The second-order valence-electron chi connectivity index (χ2n) is 9.01. The van der Waals surface area contributed by atoms with E-state index >= 15 is 0 Å². The molecular weight excluding hydrogens is 406 g/mol. The summed E-state index contributed by atoms with van der Waals surface area (Å²) in [4.78, 5) is 41.6. The molecule has 1 fully saturated rings. The van der Waals surface area contributed by atoms with Crippen LogP contribution in [0.1, 0.15) is 51.9 Å². The van der Waals surface area contributed by atoms with E-state index in [1.165, 1.54) is 0 Å². The van der Waals surface area contributed by atoms with E-state index in [2.05, 4.69) is 5.32 Å². The monoisotopic (exact) mass is 437 g/mol. The number of piperazine rings is 1. The van der Waals surface area contributed by atoms with E-state index < -0.39 is 17.7 Å². The molecule has 30 heavy (non-hydrogen) atoms. The SMILES string of the molecule is CC(C)[C@H](NC(=O)OC(C)(C)C)C(=O)N1CCN(C(=O)c2ccc(Cl)cc2)[C@@H](C)C1. The molecule has 1 aliphatic rings. The molecule has 1 aromatic rings. The number of alkyl carbamates (subject to hydrolysis) is 1. The third kappa shape index (κ3) is 6.36. The predicted octanol–water partition coefficient (Wildman–Crippen LogP) is 3.56. The van der Waals surface area contributed by atoms with E-state index in [0.717, 1.165) is 0 Å². The highest BCUT2D eigenvalue weighted by molar-refractivity contribution is 6.30. The fourth-order valence-electron chi connectivity index (χ4n) is 3.36. The predicted molar refractivity (Wildman–Crippen MR) is 117 cm³/mol. The molecule has 2 rings (SSSR count). The first-order valence-corrected chi connectivity index (χ1v) is 10.6. The van der Waals surface area contributed by atoms with Crippen LogP contribution in [0.15, 0.2) is 24.3 Å². The molecule has 0 aromatic heterocycles. The van der Waals surface area contributed by atoms with Crippen LogP contribution in [0.4, 0.5) is 4.79 Å². The molecule has 7 nitrogen and oxygen atoms in total. The van der Waals surface area contributed by atoms with Gasteiger partial charge in [0.1, 0.15) is 11.6 Å². The maximum absolute atomic E-state index is 13.1. The van der Waals surface area contributed by atoms with Crippen LogP contribution in [-0.2, 0) is 9.53 Å². The van der Waals surface area contributed by atoms with Crippen molar-refractivity contribution in [3.05, 3.63) is 34.9 Å². The Kier molecular flexibility index (Phi) is 7.75. The van der Waals surface area contributed by atoms with Gasteiger partial charge < -0.3 is 19.9 Å². The average Bonchev–Trinajstić information content (AvgIpc) is 2.64. The van der Waals surface area contributed by atoms with E-state index in [1.807, 2.05) is 20.8 Å². The number of nitrogens with one attached hydrogen (secondary N) is 1. The zero-order valence-corrected chi connectivity index (χ0v) is 19.3. The lowest BCUT2D eigenvalue weighted by atomic mass is 10.0. The van der Waals surface area contributed by atoms with Crippen molar-refractivity contribution in [2.24, 2.45) is 5.92 Å². The minimum atomic E-state index is -0.689. The van der Waals surface area contributed by atoms with Crippen molar-refractivity contribution in [1.82, 2.24) is 15.1 Å². The summed E-state index contributed by atoms with van der Waals surface area (Å²) >= 11 is 5.90. The third-order valence-corrected chi connectivity index (χ3v) is 5.15. The van der Waals surface area contributed by atoms with Crippen LogP contribution < -0.4 is 5.32 Å². The Balaban J connectivity index is 2.03. The molecule has 1 heterocycles. The second-order valence-corrected chi connectivity index (χ2v) is 9.44. The Morgan fingerprint density at radius 3 is 2.23 bits per heavy atom. The normalized spacial score (nSPS) is 18.2. The number of halogens is 1. The number of carbonyl (C=O) groups excluding carboxylic acids is 3. The summed E-state index contributed by atoms with van der Waals surface area (Å²) in [5, 5.41) is 3.28. The van der Waals surface area contributed by atoms with Crippen LogP contribution in [0.2, 0.25) is 5.02 Å². The summed E-state index contributed by atoms with van der Waals surface area (Å²) < 4.78 is 5.30. The molecule has 0 radical (unpaired) electrons. The number of nitrogens with zero attached hydrogens (tertiary/aromatic N) is 2. The van der Waals surface area contributed by atoms with Crippen LogP contribution in [0.3, 0.4) is 0 Å². The third-order valence-electron chi connectivity index (χ3n) is 4.90. The first-order chi connectivity index (χ1) is 13.9. The maximum Gasteiger partial charge on any atom is 0.408 e. The van der Waals surface area contributed by atoms with Gasteiger partial charge in [0, 0.05) is 36.3 Å². The number of ether oxygens (including phenoxy) is 1. The van der Waals surface area contributed by atoms with E-state index in [0.29, 0.717) is 30.2 Å². The van der Waals surface area contributed by atoms with Crippen molar-refractivity contribution in [2.75, 3.05) is 19.6 Å². The quantitative estimate of drug-likeness (QED) is 0.781. The molecule has 2 atom stereocenters. The van der Waals surface area contributed by atoms with Crippen LogP contribution in [0, 0.1) is 5.92 Å². The van der Waals surface area contributed by atoms with Crippen molar-refractivity contribution < 1.29 is 19.1 Å². The van der Waals surface area contributed by atoms with Gasteiger partial charge in [-0.25, -0.2) is 4.79 Å². The van der Waals surface area contributed by atoms with Gasteiger partial charge in [-0.15, -0.1) is 0 Å². The van der Waals surface area contributed by atoms with Crippen molar-refractivity contribution >= 4 is 29.5 Å². The fraction of sp³-hybridized carbons (Fsp3) is 0.591. The topological polar surface area (TPSA) is 79.0 Å². The van der Waals surface area contributed by atoms with Gasteiger partial charge in [0.2, 0.25) is 5.91 Å². The number of amides is 3. The summed E-state index contributed by atoms with van der Waals surface area (Å²) in [7, 11) is 0. The van der Waals surface area contributed by atoms with Crippen molar-refractivity contribution in [1.29, 1.82) is 0 Å². The molecular formula is C22H32ClN3O4. The van der Waals surface area contributed by atoms with Crippen LogP contribution in [0.5, 0.6) is 0 Å². The van der Waals surface area contributed by atoms with Gasteiger partial charge in [0.05, 0.1) is 0 Å². The highest BCUT2D eigenvalue weighted by Crippen LogP contribution is 2.18. The highest BCUT2D eigenvalue weighted by atomic mass is 35.5. The van der Waals surface area contributed by atoms with E-state index in [-0.39, 0.29) is 23.8 Å². The first kappa shape index (κ1) is 24.0. The van der Waals surface area contributed by atoms with Gasteiger partial charge in [-0.05, 0) is 57.9 Å². The minimum Gasteiger partial charge on any atom is -0.444 e. The summed E-state index contributed by atoms with van der Waals surface area (Å²) in [6.07, 6.45) is -0.612. The molecule has 1 N–H and O–H groups in total. The molecule has 0 unspecified atom stereocenters. The Bertz CT molecular complexity index is 774. The average molecular weight is 438 g/mol. The lowest BCUT2D eigenvalue weighted by molar-refractivity contribution is -0.137. The molecule has 0 spiro atoms. The standard InChI is InChI=1S/C22H32ClN3O4/c1-14(2)18(24-21(29)30-22(4,5)6)20(28)25-11-12-26(15(3)13-25)19(27)16-7-9-17(23)10-8-16/h7-10,14-15,18H,11-13H2,1-6H3,(H,24,29)/t15-,18-/m0/s1. The van der Waals surface area contributed by atoms with Gasteiger partial charge in [0.25, 0.3) is 5.91 Å². The van der Waals surface area contributed by atoms with Crippen LogP contribution in [0.25, 0.3) is 0 Å². The van der Waals surface area contributed by atoms with Crippen LogP contribution in [-0.4, -0.2) is 65.0 Å². The molecule has 0 aliphatic carbocycles. The molecule has 0 saturated carbocycles. The van der Waals surface area contributed by atoms with Crippen molar-refractivity contribution in [2.45, 2.75) is 59.2 Å². The summed E-state index contributed by atoms with van der Waals surface area (Å²) in [6, 6.07) is 5.94. The number of hydrogen-bond acceptors (Lipinski definition) is 4. The number of rotatable bonds is 4. The van der Waals surface area contributed by atoms with Crippen molar-refractivity contribution in [3.8, 4) is 0 Å². The van der Waals surface area contributed by atoms with Gasteiger partial charge in [-0.2, -0.15) is 0 Å². The van der Waals surface area contributed by atoms with Gasteiger partial charge in [-0.1, -0.05) is 25.4 Å². The zero-order chi connectivity index (χ0) is 22.6. The highest BCUT2D eigenvalue weighted by Gasteiger charge is 2.35. The summed E-state index contributed by atoms with van der Waals surface area (Å²) in [5.41, 5.74) is -0.0747. The first-order valence-electron chi connectivity index (χ1n) is 10.2. The number of hydrogen-bond donors (Lipinski definition) is 1. The van der Waals surface area contributed by atoms with Crippen molar-refractivity contribution in [3.63, 3.8) is 0 Å². The largest absolute Gasteiger partial charge is 0.444 e. The Morgan fingerprint density at radius 1 is 1.13 bits per heavy atom. The lowest BCUT2D eigenvalue weighted by Gasteiger charge is -2.41. The summed E-state index contributed by atoms with van der Waals surface area (Å²) in [5.74, 6) is -0.353. The molecule has 1 aliphatic heterocycles.